The Morgan fingerprint density at radius 3 is 2.27 bits per heavy atom. The van der Waals surface area contributed by atoms with Gasteiger partial charge in [0.05, 0.1) is 5.41 Å². The van der Waals surface area contributed by atoms with E-state index in [0.717, 1.165) is 28.3 Å². The molecule has 3 rings (SSSR count). The van der Waals surface area contributed by atoms with Crippen molar-refractivity contribution in [1.29, 1.82) is 0 Å². The van der Waals surface area contributed by atoms with Crippen LogP contribution in [0.25, 0.3) is 0 Å². The monoisotopic (exact) mass is 354 g/mol. The lowest BCUT2D eigenvalue weighted by atomic mass is 9.79. The van der Waals surface area contributed by atoms with Gasteiger partial charge in [-0.3, -0.25) is 4.79 Å². The SMILES string of the molecule is Cc1cc(C)cc(Oc2ccc(NC(=O)C3(CN)CCOCC3)cc2)c1. The van der Waals surface area contributed by atoms with E-state index < -0.39 is 5.41 Å². The molecule has 2 aromatic carbocycles. The zero-order chi connectivity index (χ0) is 18.6. The summed E-state index contributed by atoms with van der Waals surface area (Å²) in [6, 6.07) is 13.5. The van der Waals surface area contributed by atoms with E-state index in [9.17, 15) is 4.79 Å². The zero-order valence-corrected chi connectivity index (χ0v) is 15.4. The number of amides is 1. The molecule has 138 valence electrons. The number of carbonyl (C=O) groups is 1. The first-order valence-corrected chi connectivity index (χ1v) is 8.96. The fourth-order valence-electron chi connectivity index (χ4n) is 3.28. The van der Waals surface area contributed by atoms with Gasteiger partial charge in [-0.05, 0) is 74.2 Å². The number of nitrogens with one attached hydrogen (secondary N) is 1. The van der Waals surface area contributed by atoms with Crippen LogP contribution in [0.2, 0.25) is 0 Å². The van der Waals surface area contributed by atoms with Crippen LogP contribution >= 0.6 is 0 Å². The first-order chi connectivity index (χ1) is 12.5. The number of nitrogens with two attached hydrogens (primary N) is 1. The van der Waals surface area contributed by atoms with Gasteiger partial charge in [0.2, 0.25) is 5.91 Å². The highest BCUT2D eigenvalue weighted by atomic mass is 16.5. The Balaban J connectivity index is 1.66. The predicted molar refractivity (Wildman–Crippen MR) is 103 cm³/mol. The van der Waals surface area contributed by atoms with Crippen LogP contribution < -0.4 is 15.8 Å². The third-order valence-corrected chi connectivity index (χ3v) is 4.87. The lowest BCUT2D eigenvalue weighted by Gasteiger charge is -2.34. The number of rotatable bonds is 5. The smallest absolute Gasteiger partial charge is 0.232 e. The van der Waals surface area contributed by atoms with E-state index in [1.807, 2.05) is 50.2 Å². The third kappa shape index (κ3) is 4.23. The molecule has 1 saturated heterocycles. The lowest BCUT2D eigenvalue weighted by molar-refractivity contribution is -0.130. The number of hydrogen-bond acceptors (Lipinski definition) is 4. The summed E-state index contributed by atoms with van der Waals surface area (Å²) in [6.45, 7) is 5.57. The minimum atomic E-state index is -0.535. The van der Waals surface area contributed by atoms with Crippen molar-refractivity contribution in [1.82, 2.24) is 0 Å². The maximum absolute atomic E-state index is 12.7. The maximum atomic E-state index is 12.7. The molecule has 1 heterocycles. The van der Waals surface area contributed by atoms with Crippen molar-refractivity contribution in [3.05, 3.63) is 53.6 Å². The Morgan fingerprint density at radius 2 is 1.69 bits per heavy atom. The molecule has 0 unspecified atom stereocenters. The molecular formula is C21H26N2O3. The molecule has 0 atom stereocenters. The number of benzene rings is 2. The molecule has 2 aromatic rings. The van der Waals surface area contributed by atoms with Gasteiger partial charge in [0, 0.05) is 25.4 Å². The van der Waals surface area contributed by atoms with E-state index >= 15 is 0 Å². The van der Waals surface area contributed by atoms with E-state index in [0.29, 0.717) is 32.6 Å². The van der Waals surface area contributed by atoms with Crippen LogP contribution in [0.1, 0.15) is 24.0 Å². The molecule has 1 aliphatic rings. The third-order valence-electron chi connectivity index (χ3n) is 4.87. The molecule has 1 amide bonds. The van der Waals surface area contributed by atoms with Crippen LogP contribution in [0, 0.1) is 19.3 Å². The Kier molecular flexibility index (Phi) is 5.59. The molecule has 5 nitrogen and oxygen atoms in total. The minimum Gasteiger partial charge on any atom is -0.457 e. The van der Waals surface area contributed by atoms with Crippen molar-refractivity contribution in [3.8, 4) is 11.5 Å². The van der Waals surface area contributed by atoms with Crippen LogP contribution in [-0.4, -0.2) is 25.7 Å². The van der Waals surface area contributed by atoms with Gasteiger partial charge < -0.3 is 20.5 Å². The summed E-state index contributed by atoms with van der Waals surface area (Å²) in [4.78, 5) is 12.7. The van der Waals surface area contributed by atoms with Gasteiger partial charge in [-0.25, -0.2) is 0 Å². The second-order valence-corrected chi connectivity index (χ2v) is 7.00. The summed E-state index contributed by atoms with van der Waals surface area (Å²) in [7, 11) is 0. The molecule has 0 spiro atoms. The fourth-order valence-corrected chi connectivity index (χ4v) is 3.28. The van der Waals surface area contributed by atoms with Crippen molar-refractivity contribution in [2.45, 2.75) is 26.7 Å². The average Bonchev–Trinajstić information content (AvgIpc) is 2.63. The number of hydrogen-bond donors (Lipinski definition) is 2. The van der Waals surface area contributed by atoms with E-state index in [1.54, 1.807) is 0 Å². The van der Waals surface area contributed by atoms with Gasteiger partial charge >= 0.3 is 0 Å². The molecule has 1 fully saturated rings. The van der Waals surface area contributed by atoms with Gasteiger partial charge in [0.25, 0.3) is 0 Å². The van der Waals surface area contributed by atoms with Crippen LogP contribution in [0.4, 0.5) is 5.69 Å². The zero-order valence-electron chi connectivity index (χ0n) is 15.4. The number of anilines is 1. The fraction of sp³-hybridized carbons (Fsp3) is 0.381. The topological polar surface area (TPSA) is 73.6 Å². The lowest BCUT2D eigenvalue weighted by Crippen LogP contribution is -2.46. The molecule has 0 saturated carbocycles. The van der Waals surface area contributed by atoms with Crippen LogP contribution in [-0.2, 0) is 9.53 Å². The molecule has 5 heteroatoms. The molecule has 26 heavy (non-hydrogen) atoms. The van der Waals surface area contributed by atoms with Gasteiger partial charge in [-0.15, -0.1) is 0 Å². The molecule has 3 N–H and O–H groups in total. The van der Waals surface area contributed by atoms with Gasteiger partial charge in [0.1, 0.15) is 11.5 Å². The molecule has 1 aliphatic heterocycles. The van der Waals surface area contributed by atoms with Crippen LogP contribution in [0.5, 0.6) is 11.5 Å². The highest BCUT2D eigenvalue weighted by Crippen LogP contribution is 2.31. The number of carbonyl (C=O) groups excluding carboxylic acids is 1. The number of ether oxygens (including phenoxy) is 2. The summed E-state index contributed by atoms with van der Waals surface area (Å²) in [6.07, 6.45) is 1.31. The summed E-state index contributed by atoms with van der Waals surface area (Å²) in [5.74, 6) is 1.50. The highest BCUT2D eigenvalue weighted by Gasteiger charge is 2.38. The summed E-state index contributed by atoms with van der Waals surface area (Å²) >= 11 is 0. The number of aryl methyl sites for hydroxylation is 2. The average molecular weight is 354 g/mol. The largest absolute Gasteiger partial charge is 0.457 e. The molecule has 0 radical (unpaired) electrons. The van der Waals surface area contributed by atoms with Crippen molar-refractivity contribution in [2.24, 2.45) is 11.1 Å². The minimum absolute atomic E-state index is 0.0359. The first kappa shape index (κ1) is 18.4. The van der Waals surface area contributed by atoms with Gasteiger partial charge in [-0.1, -0.05) is 6.07 Å². The highest BCUT2D eigenvalue weighted by molar-refractivity contribution is 5.95. The molecule has 0 aromatic heterocycles. The van der Waals surface area contributed by atoms with E-state index in [2.05, 4.69) is 11.4 Å². The summed E-state index contributed by atoms with van der Waals surface area (Å²) < 4.78 is 11.3. The molecular weight excluding hydrogens is 328 g/mol. The van der Waals surface area contributed by atoms with Crippen molar-refractivity contribution in [3.63, 3.8) is 0 Å². The Bertz CT molecular complexity index is 745. The van der Waals surface area contributed by atoms with Crippen molar-refractivity contribution < 1.29 is 14.3 Å². The Morgan fingerprint density at radius 1 is 1.08 bits per heavy atom. The van der Waals surface area contributed by atoms with Gasteiger partial charge in [-0.2, -0.15) is 0 Å². The first-order valence-electron chi connectivity index (χ1n) is 8.96. The summed E-state index contributed by atoms with van der Waals surface area (Å²) in [5.41, 5.74) is 8.41. The van der Waals surface area contributed by atoms with E-state index in [1.165, 1.54) is 0 Å². The second kappa shape index (κ2) is 7.89. The molecule has 0 aliphatic carbocycles. The molecule has 0 bridgehead atoms. The standard InChI is InChI=1S/C21H26N2O3/c1-15-11-16(2)13-19(12-15)26-18-5-3-17(4-6-18)23-20(24)21(14-22)7-9-25-10-8-21/h3-6,11-13H,7-10,14,22H2,1-2H3,(H,23,24). The van der Waals surface area contributed by atoms with Crippen LogP contribution in [0.3, 0.4) is 0 Å². The van der Waals surface area contributed by atoms with Crippen molar-refractivity contribution >= 4 is 11.6 Å². The normalized spacial score (nSPS) is 16.1. The second-order valence-electron chi connectivity index (χ2n) is 7.00. The van der Waals surface area contributed by atoms with Crippen LogP contribution in [0.15, 0.2) is 42.5 Å². The van der Waals surface area contributed by atoms with E-state index in [-0.39, 0.29) is 5.91 Å². The Hall–Kier alpha value is -2.37. The van der Waals surface area contributed by atoms with Gasteiger partial charge in [0.15, 0.2) is 0 Å². The van der Waals surface area contributed by atoms with Crippen molar-refractivity contribution in [2.75, 3.05) is 25.1 Å². The van der Waals surface area contributed by atoms with E-state index in [4.69, 9.17) is 15.2 Å². The quantitative estimate of drug-likeness (QED) is 0.857. The maximum Gasteiger partial charge on any atom is 0.232 e. The Labute approximate surface area is 154 Å². The predicted octanol–water partition coefficient (Wildman–Crippen LogP) is 3.79. The summed E-state index contributed by atoms with van der Waals surface area (Å²) in [5, 5.41) is 2.98.